The van der Waals surface area contributed by atoms with Gasteiger partial charge in [-0.1, -0.05) is 0 Å². The summed E-state index contributed by atoms with van der Waals surface area (Å²) in [6, 6.07) is 6.82. The van der Waals surface area contributed by atoms with Gasteiger partial charge in [-0.25, -0.2) is 18.6 Å². The van der Waals surface area contributed by atoms with Crippen LogP contribution in [0, 0.1) is 11.6 Å². The second kappa shape index (κ2) is 10.8. The molecule has 0 atom stereocenters. The molecule has 1 amide bonds. The molecule has 0 aliphatic carbocycles. The van der Waals surface area contributed by atoms with E-state index < -0.39 is 11.6 Å². The SMILES string of the molecule is CCOC(=O)c1ccc(N2CCCN(CCC(=O)Nc3ccc(F)c(F)c3)CC2)nc1. The Morgan fingerprint density at radius 1 is 1.10 bits per heavy atom. The van der Waals surface area contributed by atoms with Crippen LogP contribution in [0.5, 0.6) is 0 Å². The molecular weight excluding hydrogens is 406 g/mol. The molecule has 1 aliphatic heterocycles. The second-order valence-electron chi connectivity index (χ2n) is 7.23. The average molecular weight is 432 g/mol. The normalized spacial score (nSPS) is 14.7. The van der Waals surface area contributed by atoms with Gasteiger partial charge in [0.25, 0.3) is 0 Å². The lowest BCUT2D eigenvalue weighted by Crippen LogP contribution is -2.33. The zero-order valence-electron chi connectivity index (χ0n) is 17.4. The predicted octanol–water partition coefficient (Wildman–Crippen LogP) is 3.08. The number of aromatic nitrogens is 1. The summed E-state index contributed by atoms with van der Waals surface area (Å²) in [5, 5.41) is 2.59. The van der Waals surface area contributed by atoms with E-state index in [9.17, 15) is 18.4 Å². The first-order valence-corrected chi connectivity index (χ1v) is 10.3. The Balaban J connectivity index is 1.46. The molecule has 1 aromatic heterocycles. The molecule has 7 nitrogen and oxygen atoms in total. The zero-order chi connectivity index (χ0) is 22.2. The molecule has 1 N–H and O–H groups in total. The monoisotopic (exact) mass is 432 g/mol. The Kier molecular flexibility index (Phi) is 7.88. The second-order valence-corrected chi connectivity index (χ2v) is 7.23. The third kappa shape index (κ3) is 6.45. The van der Waals surface area contributed by atoms with Crippen molar-refractivity contribution in [1.82, 2.24) is 9.88 Å². The predicted molar refractivity (Wildman–Crippen MR) is 113 cm³/mol. The summed E-state index contributed by atoms with van der Waals surface area (Å²) in [6.45, 7) is 5.82. The first kappa shape index (κ1) is 22.6. The van der Waals surface area contributed by atoms with Gasteiger partial charge < -0.3 is 19.9 Å². The number of nitrogens with zero attached hydrogens (tertiary/aromatic N) is 3. The van der Waals surface area contributed by atoms with E-state index in [1.54, 1.807) is 13.0 Å². The van der Waals surface area contributed by atoms with Crippen molar-refractivity contribution >= 4 is 23.4 Å². The lowest BCUT2D eigenvalue weighted by Gasteiger charge is -2.22. The quantitative estimate of drug-likeness (QED) is 0.678. The molecule has 0 bridgehead atoms. The summed E-state index contributed by atoms with van der Waals surface area (Å²) in [7, 11) is 0. The Morgan fingerprint density at radius 2 is 1.94 bits per heavy atom. The summed E-state index contributed by atoms with van der Waals surface area (Å²) < 4.78 is 31.2. The molecule has 1 aliphatic rings. The molecule has 2 heterocycles. The minimum Gasteiger partial charge on any atom is -0.462 e. The van der Waals surface area contributed by atoms with Crippen LogP contribution in [0.2, 0.25) is 0 Å². The molecule has 1 fully saturated rings. The van der Waals surface area contributed by atoms with E-state index in [-0.39, 0.29) is 24.0 Å². The highest BCUT2D eigenvalue weighted by Crippen LogP contribution is 2.16. The van der Waals surface area contributed by atoms with E-state index in [2.05, 4.69) is 20.1 Å². The van der Waals surface area contributed by atoms with Crippen molar-refractivity contribution in [3.8, 4) is 0 Å². The van der Waals surface area contributed by atoms with Gasteiger partial charge in [0.15, 0.2) is 11.6 Å². The van der Waals surface area contributed by atoms with Crippen LogP contribution < -0.4 is 10.2 Å². The van der Waals surface area contributed by atoms with E-state index in [0.717, 1.165) is 50.6 Å². The van der Waals surface area contributed by atoms with E-state index in [4.69, 9.17) is 4.74 Å². The van der Waals surface area contributed by atoms with E-state index in [1.165, 1.54) is 12.3 Å². The van der Waals surface area contributed by atoms with Crippen LogP contribution in [-0.2, 0) is 9.53 Å². The molecule has 31 heavy (non-hydrogen) atoms. The average Bonchev–Trinajstić information content (AvgIpc) is 3.01. The number of pyridine rings is 1. The number of benzene rings is 1. The molecule has 3 rings (SSSR count). The number of nitrogens with one attached hydrogen (secondary N) is 1. The van der Waals surface area contributed by atoms with Gasteiger partial charge in [-0.2, -0.15) is 0 Å². The lowest BCUT2D eigenvalue weighted by molar-refractivity contribution is -0.116. The van der Waals surface area contributed by atoms with Crippen LogP contribution >= 0.6 is 0 Å². The van der Waals surface area contributed by atoms with Crippen molar-refractivity contribution in [1.29, 1.82) is 0 Å². The van der Waals surface area contributed by atoms with E-state index in [0.29, 0.717) is 18.7 Å². The van der Waals surface area contributed by atoms with Gasteiger partial charge in [-0.15, -0.1) is 0 Å². The highest BCUT2D eigenvalue weighted by Gasteiger charge is 2.17. The Hall–Kier alpha value is -3.07. The topological polar surface area (TPSA) is 74.8 Å². The number of carbonyl (C=O) groups is 2. The molecule has 1 aromatic carbocycles. The Labute approximate surface area is 180 Å². The Bertz CT molecular complexity index is 908. The van der Waals surface area contributed by atoms with E-state index in [1.807, 2.05) is 6.07 Å². The smallest absolute Gasteiger partial charge is 0.339 e. The number of rotatable bonds is 7. The fraction of sp³-hybridized carbons (Fsp3) is 0.409. The number of carbonyl (C=O) groups excluding carboxylic acids is 2. The molecular formula is C22H26F2N4O3. The molecule has 0 saturated carbocycles. The number of amides is 1. The van der Waals surface area contributed by atoms with Crippen LogP contribution in [0.1, 0.15) is 30.1 Å². The fourth-order valence-corrected chi connectivity index (χ4v) is 3.39. The highest BCUT2D eigenvalue weighted by molar-refractivity contribution is 5.90. The van der Waals surface area contributed by atoms with Crippen LogP contribution in [0.3, 0.4) is 0 Å². The van der Waals surface area contributed by atoms with Gasteiger partial charge in [0, 0.05) is 50.6 Å². The minimum absolute atomic E-state index is 0.239. The van der Waals surface area contributed by atoms with Gasteiger partial charge in [-0.3, -0.25) is 4.79 Å². The van der Waals surface area contributed by atoms with Crippen molar-refractivity contribution in [3.05, 3.63) is 53.7 Å². The highest BCUT2D eigenvalue weighted by atomic mass is 19.2. The summed E-state index contributed by atoms with van der Waals surface area (Å²) in [4.78, 5) is 32.6. The molecule has 0 unspecified atom stereocenters. The molecule has 1 saturated heterocycles. The van der Waals surface area contributed by atoms with Gasteiger partial charge in [0.05, 0.1) is 12.2 Å². The summed E-state index contributed by atoms with van der Waals surface area (Å²) in [5.41, 5.74) is 0.664. The maximum Gasteiger partial charge on any atom is 0.339 e. The van der Waals surface area contributed by atoms with Crippen LogP contribution in [0.4, 0.5) is 20.3 Å². The van der Waals surface area contributed by atoms with Crippen LogP contribution in [0.15, 0.2) is 36.5 Å². The van der Waals surface area contributed by atoms with Crippen molar-refractivity contribution in [2.75, 3.05) is 49.5 Å². The standard InChI is InChI=1S/C22H26F2N4O3/c1-2-31-22(30)16-4-7-20(25-15-16)28-10-3-9-27(12-13-28)11-8-21(29)26-17-5-6-18(23)19(24)14-17/h4-7,14-15H,2-3,8-13H2,1H3,(H,26,29). The number of halogens is 2. The van der Waals surface area contributed by atoms with Crippen molar-refractivity contribution in [2.45, 2.75) is 19.8 Å². The summed E-state index contributed by atoms with van der Waals surface area (Å²) >= 11 is 0. The van der Waals surface area contributed by atoms with Crippen molar-refractivity contribution < 1.29 is 23.1 Å². The van der Waals surface area contributed by atoms with Crippen LogP contribution in [0.25, 0.3) is 0 Å². The summed E-state index contributed by atoms with van der Waals surface area (Å²) in [6.07, 6.45) is 2.69. The number of ether oxygens (including phenoxy) is 1. The molecule has 9 heteroatoms. The number of hydrogen-bond acceptors (Lipinski definition) is 6. The lowest BCUT2D eigenvalue weighted by atomic mass is 10.2. The van der Waals surface area contributed by atoms with Gasteiger partial charge >= 0.3 is 5.97 Å². The number of hydrogen-bond donors (Lipinski definition) is 1. The third-order valence-corrected chi connectivity index (χ3v) is 5.03. The Morgan fingerprint density at radius 3 is 2.65 bits per heavy atom. The first-order valence-electron chi connectivity index (χ1n) is 10.3. The first-order chi connectivity index (χ1) is 15.0. The molecule has 0 spiro atoms. The maximum absolute atomic E-state index is 13.3. The largest absolute Gasteiger partial charge is 0.462 e. The van der Waals surface area contributed by atoms with Crippen LogP contribution in [-0.4, -0.2) is 61.1 Å². The minimum atomic E-state index is -0.991. The zero-order valence-corrected chi connectivity index (χ0v) is 17.4. The molecule has 2 aromatic rings. The van der Waals surface area contributed by atoms with Gasteiger partial charge in [-0.05, 0) is 44.2 Å². The third-order valence-electron chi connectivity index (χ3n) is 5.03. The van der Waals surface area contributed by atoms with Gasteiger partial charge in [0.1, 0.15) is 5.82 Å². The number of esters is 1. The van der Waals surface area contributed by atoms with Gasteiger partial charge in [0.2, 0.25) is 5.91 Å². The van der Waals surface area contributed by atoms with Crippen molar-refractivity contribution in [2.24, 2.45) is 0 Å². The molecule has 166 valence electrons. The molecule has 0 radical (unpaired) electrons. The number of anilines is 2. The maximum atomic E-state index is 13.3. The van der Waals surface area contributed by atoms with Crippen molar-refractivity contribution in [3.63, 3.8) is 0 Å². The van der Waals surface area contributed by atoms with E-state index >= 15 is 0 Å². The summed E-state index contributed by atoms with van der Waals surface area (Å²) in [5.74, 6) is -1.77. The fourth-order valence-electron chi connectivity index (χ4n) is 3.39.